The first-order valence-corrected chi connectivity index (χ1v) is 5.64. The van der Waals surface area contributed by atoms with Crippen molar-refractivity contribution in [3.8, 4) is 0 Å². The van der Waals surface area contributed by atoms with Crippen LogP contribution in [0.5, 0.6) is 0 Å². The van der Waals surface area contributed by atoms with Gasteiger partial charge in [-0.15, -0.1) is 0 Å². The van der Waals surface area contributed by atoms with Gasteiger partial charge in [-0.05, 0) is 18.6 Å². The molecule has 1 aromatic carbocycles. The molecular formula is C13H19NO2. The highest BCUT2D eigenvalue weighted by molar-refractivity contribution is 5.94. The van der Waals surface area contributed by atoms with E-state index in [2.05, 4.69) is 6.92 Å². The molecule has 0 heterocycles. The lowest BCUT2D eigenvalue weighted by Gasteiger charge is -2.22. The first kappa shape index (κ1) is 12.7. The van der Waals surface area contributed by atoms with Crippen LogP contribution in [0.2, 0.25) is 0 Å². The average molecular weight is 221 g/mol. The van der Waals surface area contributed by atoms with Crippen molar-refractivity contribution in [3.05, 3.63) is 30.3 Å². The van der Waals surface area contributed by atoms with Gasteiger partial charge in [0.25, 0.3) is 5.91 Å². The predicted molar refractivity (Wildman–Crippen MR) is 65.6 cm³/mol. The number of carbonyl (C=O) groups is 1. The standard InChI is InChI=1S/C13H19NO2/c1-3-4-10-14(13(15)11-16-2)12-8-6-5-7-9-12/h5-9H,3-4,10-11H2,1-2H3. The molecule has 0 atom stereocenters. The lowest BCUT2D eigenvalue weighted by Crippen LogP contribution is -2.34. The molecule has 0 aliphatic carbocycles. The van der Waals surface area contributed by atoms with Crippen LogP contribution in [0.3, 0.4) is 0 Å². The second-order valence-electron chi connectivity index (χ2n) is 3.67. The van der Waals surface area contributed by atoms with Gasteiger partial charge in [-0.25, -0.2) is 0 Å². The number of methoxy groups -OCH3 is 1. The fourth-order valence-corrected chi connectivity index (χ4v) is 1.52. The smallest absolute Gasteiger partial charge is 0.252 e. The molecule has 88 valence electrons. The third-order valence-electron chi connectivity index (χ3n) is 2.37. The Kier molecular flexibility index (Phi) is 5.57. The van der Waals surface area contributed by atoms with Gasteiger partial charge in [0.1, 0.15) is 6.61 Å². The summed E-state index contributed by atoms with van der Waals surface area (Å²) in [5, 5.41) is 0. The molecule has 0 bridgehead atoms. The second-order valence-corrected chi connectivity index (χ2v) is 3.67. The van der Waals surface area contributed by atoms with E-state index < -0.39 is 0 Å². The number of amides is 1. The number of para-hydroxylation sites is 1. The summed E-state index contributed by atoms with van der Waals surface area (Å²) in [6.45, 7) is 3.01. The number of unbranched alkanes of at least 4 members (excludes halogenated alkanes) is 1. The number of carbonyl (C=O) groups excluding carboxylic acids is 1. The Morgan fingerprint density at radius 3 is 2.56 bits per heavy atom. The highest BCUT2D eigenvalue weighted by Gasteiger charge is 2.13. The Morgan fingerprint density at radius 2 is 2.00 bits per heavy atom. The fraction of sp³-hybridized carbons (Fsp3) is 0.462. The molecule has 1 amide bonds. The molecule has 0 aromatic heterocycles. The van der Waals surface area contributed by atoms with E-state index in [0.29, 0.717) is 0 Å². The lowest BCUT2D eigenvalue weighted by atomic mass is 10.2. The van der Waals surface area contributed by atoms with Crippen LogP contribution >= 0.6 is 0 Å². The van der Waals surface area contributed by atoms with Crippen LogP contribution in [0.15, 0.2) is 30.3 Å². The predicted octanol–water partition coefficient (Wildman–Crippen LogP) is 2.47. The Bertz CT molecular complexity index is 311. The molecule has 3 nitrogen and oxygen atoms in total. The maximum absolute atomic E-state index is 11.9. The van der Waals surface area contributed by atoms with Gasteiger partial charge in [0, 0.05) is 19.3 Å². The van der Waals surface area contributed by atoms with Crippen molar-refractivity contribution < 1.29 is 9.53 Å². The minimum atomic E-state index is 0.0159. The van der Waals surface area contributed by atoms with E-state index in [1.807, 2.05) is 30.3 Å². The minimum absolute atomic E-state index is 0.0159. The summed E-state index contributed by atoms with van der Waals surface area (Å²) in [5.41, 5.74) is 0.943. The number of benzene rings is 1. The van der Waals surface area contributed by atoms with Crippen molar-refractivity contribution in [2.45, 2.75) is 19.8 Å². The van der Waals surface area contributed by atoms with Crippen molar-refractivity contribution in [1.29, 1.82) is 0 Å². The first-order chi connectivity index (χ1) is 7.79. The van der Waals surface area contributed by atoms with E-state index in [-0.39, 0.29) is 12.5 Å². The van der Waals surface area contributed by atoms with Crippen LogP contribution in [0, 0.1) is 0 Å². The van der Waals surface area contributed by atoms with Crippen molar-refractivity contribution in [2.75, 3.05) is 25.2 Å². The monoisotopic (exact) mass is 221 g/mol. The minimum Gasteiger partial charge on any atom is -0.375 e. The summed E-state index contributed by atoms with van der Waals surface area (Å²) in [6, 6.07) is 9.72. The third kappa shape index (κ3) is 3.66. The Morgan fingerprint density at radius 1 is 1.31 bits per heavy atom. The zero-order chi connectivity index (χ0) is 11.8. The molecular weight excluding hydrogens is 202 g/mol. The van der Waals surface area contributed by atoms with Gasteiger partial charge >= 0.3 is 0 Å². The molecule has 0 aliphatic heterocycles. The molecule has 1 rings (SSSR count). The summed E-state index contributed by atoms with van der Waals surface area (Å²) < 4.78 is 4.89. The van der Waals surface area contributed by atoms with E-state index in [4.69, 9.17) is 4.74 Å². The van der Waals surface area contributed by atoms with Crippen molar-refractivity contribution in [2.24, 2.45) is 0 Å². The van der Waals surface area contributed by atoms with E-state index in [1.54, 1.807) is 12.0 Å². The molecule has 3 heteroatoms. The molecule has 0 fully saturated rings. The number of nitrogens with zero attached hydrogens (tertiary/aromatic N) is 1. The summed E-state index contributed by atoms with van der Waals surface area (Å²) in [4.78, 5) is 13.6. The Labute approximate surface area is 97.0 Å². The molecule has 0 radical (unpaired) electrons. The largest absolute Gasteiger partial charge is 0.375 e. The summed E-state index contributed by atoms with van der Waals surface area (Å²) in [5.74, 6) is 0.0159. The van der Waals surface area contributed by atoms with Crippen LogP contribution in [0.25, 0.3) is 0 Å². The van der Waals surface area contributed by atoms with Gasteiger partial charge in [0.05, 0.1) is 0 Å². The van der Waals surface area contributed by atoms with E-state index >= 15 is 0 Å². The molecule has 16 heavy (non-hydrogen) atoms. The molecule has 1 aromatic rings. The van der Waals surface area contributed by atoms with Crippen LogP contribution in [-0.4, -0.2) is 26.2 Å². The van der Waals surface area contributed by atoms with Gasteiger partial charge in [-0.1, -0.05) is 31.5 Å². The number of anilines is 1. The highest BCUT2D eigenvalue weighted by atomic mass is 16.5. The Balaban J connectivity index is 2.74. The number of hydrogen-bond acceptors (Lipinski definition) is 2. The maximum atomic E-state index is 11.9. The quantitative estimate of drug-likeness (QED) is 0.738. The van der Waals surface area contributed by atoms with Gasteiger partial charge in [-0.2, -0.15) is 0 Å². The summed E-state index contributed by atoms with van der Waals surface area (Å²) in [6.07, 6.45) is 2.08. The molecule has 0 N–H and O–H groups in total. The van der Waals surface area contributed by atoms with Gasteiger partial charge in [0.2, 0.25) is 0 Å². The molecule has 0 saturated carbocycles. The van der Waals surface area contributed by atoms with Crippen LogP contribution in [0.4, 0.5) is 5.69 Å². The lowest BCUT2D eigenvalue weighted by molar-refractivity contribution is -0.122. The zero-order valence-corrected chi connectivity index (χ0v) is 9.98. The number of ether oxygens (including phenoxy) is 1. The number of rotatable bonds is 6. The topological polar surface area (TPSA) is 29.5 Å². The third-order valence-corrected chi connectivity index (χ3v) is 2.37. The van der Waals surface area contributed by atoms with Crippen molar-refractivity contribution in [1.82, 2.24) is 0 Å². The summed E-state index contributed by atoms with van der Waals surface area (Å²) in [7, 11) is 1.54. The van der Waals surface area contributed by atoms with Crippen LogP contribution in [0.1, 0.15) is 19.8 Å². The van der Waals surface area contributed by atoms with E-state index in [0.717, 1.165) is 25.1 Å². The molecule has 0 aliphatic rings. The zero-order valence-electron chi connectivity index (χ0n) is 9.98. The van der Waals surface area contributed by atoms with E-state index in [1.165, 1.54) is 0 Å². The van der Waals surface area contributed by atoms with Crippen LogP contribution in [-0.2, 0) is 9.53 Å². The SMILES string of the molecule is CCCCN(C(=O)COC)c1ccccc1. The summed E-state index contributed by atoms with van der Waals surface area (Å²) >= 11 is 0. The Hall–Kier alpha value is -1.35. The highest BCUT2D eigenvalue weighted by Crippen LogP contribution is 2.14. The van der Waals surface area contributed by atoms with Gasteiger partial charge in [0.15, 0.2) is 0 Å². The molecule has 0 spiro atoms. The number of hydrogen-bond donors (Lipinski definition) is 0. The normalized spacial score (nSPS) is 10.1. The van der Waals surface area contributed by atoms with Gasteiger partial charge < -0.3 is 9.64 Å². The maximum Gasteiger partial charge on any atom is 0.252 e. The van der Waals surface area contributed by atoms with Crippen molar-refractivity contribution in [3.63, 3.8) is 0 Å². The van der Waals surface area contributed by atoms with Crippen LogP contribution < -0.4 is 4.90 Å². The second kappa shape index (κ2) is 7.01. The average Bonchev–Trinajstić information content (AvgIpc) is 2.31. The van der Waals surface area contributed by atoms with Gasteiger partial charge in [-0.3, -0.25) is 4.79 Å². The molecule has 0 unspecified atom stereocenters. The van der Waals surface area contributed by atoms with Crippen molar-refractivity contribution >= 4 is 11.6 Å². The first-order valence-electron chi connectivity index (χ1n) is 5.64. The molecule has 0 saturated heterocycles. The van der Waals surface area contributed by atoms with E-state index in [9.17, 15) is 4.79 Å². The fourth-order valence-electron chi connectivity index (χ4n) is 1.52.